The Balaban J connectivity index is 2.20. The van der Waals surface area contributed by atoms with Crippen LogP contribution in [0.25, 0.3) is 0 Å². The molecule has 1 aromatic heterocycles. The summed E-state index contributed by atoms with van der Waals surface area (Å²) in [6, 6.07) is 13.2. The Labute approximate surface area is 114 Å². The van der Waals surface area contributed by atoms with Gasteiger partial charge in [0.25, 0.3) is 0 Å². The van der Waals surface area contributed by atoms with E-state index >= 15 is 0 Å². The van der Waals surface area contributed by atoms with E-state index in [2.05, 4.69) is 0 Å². The molecule has 0 radical (unpaired) electrons. The van der Waals surface area contributed by atoms with Crippen LogP contribution in [0.5, 0.6) is 0 Å². The van der Waals surface area contributed by atoms with Gasteiger partial charge in [-0.05, 0) is 0 Å². The Kier molecular flexibility index (Phi) is 3.95. The second kappa shape index (κ2) is 5.65. The number of hydrogen-bond donors (Lipinski definition) is 0. The van der Waals surface area contributed by atoms with E-state index in [-0.39, 0.29) is 11.8 Å². The van der Waals surface area contributed by atoms with E-state index in [9.17, 15) is 4.79 Å². The second-order valence-corrected chi connectivity index (χ2v) is 4.80. The van der Waals surface area contributed by atoms with E-state index in [4.69, 9.17) is 0 Å². The first kappa shape index (κ1) is 13.3. The summed E-state index contributed by atoms with van der Waals surface area (Å²) in [6.07, 6.45) is 3.89. The van der Waals surface area contributed by atoms with Crippen molar-refractivity contribution >= 4 is 11.5 Å². The number of pyridine rings is 1. The van der Waals surface area contributed by atoms with Crippen LogP contribution < -0.4 is 9.47 Å². The molecular formula is C16H19N2O+. The molecule has 3 heteroatoms. The molecule has 1 unspecified atom stereocenters. The molecule has 19 heavy (non-hydrogen) atoms. The first-order chi connectivity index (χ1) is 9.09. The molecule has 2 rings (SSSR count). The molecule has 0 bridgehead atoms. The molecule has 0 saturated heterocycles. The van der Waals surface area contributed by atoms with Gasteiger partial charge in [-0.25, -0.2) is 0 Å². The molecule has 98 valence electrons. The van der Waals surface area contributed by atoms with Gasteiger partial charge in [-0.1, -0.05) is 30.3 Å². The Morgan fingerprint density at radius 1 is 1.05 bits per heavy atom. The fourth-order valence-electron chi connectivity index (χ4n) is 1.97. The zero-order chi connectivity index (χ0) is 13.8. The minimum absolute atomic E-state index is 0.128. The van der Waals surface area contributed by atoms with Crippen molar-refractivity contribution in [2.75, 3.05) is 19.0 Å². The number of carbonyl (C=O) groups is 1. The van der Waals surface area contributed by atoms with Crippen LogP contribution in [0.15, 0.2) is 54.9 Å². The predicted molar refractivity (Wildman–Crippen MR) is 76.4 cm³/mol. The molecule has 1 heterocycles. The lowest BCUT2D eigenvalue weighted by molar-refractivity contribution is -0.704. The van der Waals surface area contributed by atoms with Crippen molar-refractivity contribution in [1.82, 2.24) is 0 Å². The second-order valence-electron chi connectivity index (χ2n) is 4.80. The molecule has 0 spiro atoms. The van der Waals surface area contributed by atoms with Crippen molar-refractivity contribution in [3.63, 3.8) is 0 Å². The third-order valence-corrected chi connectivity index (χ3v) is 3.24. The van der Waals surface area contributed by atoms with Gasteiger partial charge >= 0.3 is 0 Å². The van der Waals surface area contributed by atoms with Gasteiger partial charge in [-0.2, -0.15) is 4.57 Å². The van der Waals surface area contributed by atoms with Crippen LogP contribution in [0.2, 0.25) is 0 Å². The number of Topliss-reactive ketones (excluding diaryl/α,β-unsaturated/α-hetero) is 1. The van der Waals surface area contributed by atoms with Crippen molar-refractivity contribution in [2.24, 2.45) is 0 Å². The molecule has 2 aromatic rings. The number of aromatic nitrogens is 1. The van der Waals surface area contributed by atoms with Gasteiger partial charge in [-0.3, -0.25) is 4.79 Å². The number of ketones is 1. The Morgan fingerprint density at radius 3 is 2.16 bits per heavy atom. The third kappa shape index (κ3) is 2.99. The van der Waals surface area contributed by atoms with Crippen LogP contribution in [0.3, 0.4) is 0 Å². The van der Waals surface area contributed by atoms with E-state index in [1.54, 1.807) is 0 Å². The largest absolute Gasteiger partial charge is 0.377 e. The van der Waals surface area contributed by atoms with Gasteiger partial charge < -0.3 is 4.90 Å². The van der Waals surface area contributed by atoms with Gasteiger partial charge in [-0.15, -0.1) is 0 Å². The van der Waals surface area contributed by atoms with Crippen molar-refractivity contribution in [1.29, 1.82) is 0 Å². The van der Waals surface area contributed by atoms with Crippen molar-refractivity contribution in [2.45, 2.75) is 13.0 Å². The highest BCUT2D eigenvalue weighted by atomic mass is 16.1. The average Bonchev–Trinajstić information content (AvgIpc) is 2.46. The molecule has 1 aromatic carbocycles. The summed E-state index contributed by atoms with van der Waals surface area (Å²) in [5.41, 5.74) is 1.87. The lowest BCUT2D eigenvalue weighted by atomic mass is 10.1. The van der Waals surface area contributed by atoms with Gasteiger partial charge in [0.05, 0.1) is 0 Å². The molecule has 1 atom stereocenters. The molecule has 0 N–H and O–H groups in total. The van der Waals surface area contributed by atoms with E-state index < -0.39 is 0 Å². The molecular weight excluding hydrogens is 236 g/mol. The SMILES string of the molecule is CC(C(=O)c1ccccc1)[n+]1ccc(N(C)C)cc1. The van der Waals surface area contributed by atoms with Crippen LogP contribution >= 0.6 is 0 Å². The first-order valence-electron chi connectivity index (χ1n) is 6.37. The van der Waals surface area contributed by atoms with E-state index in [1.807, 2.05) is 85.3 Å². The Bertz CT molecular complexity index is 547. The smallest absolute Gasteiger partial charge is 0.230 e. The van der Waals surface area contributed by atoms with Crippen LogP contribution in [0.4, 0.5) is 5.69 Å². The maximum absolute atomic E-state index is 12.3. The normalized spacial score (nSPS) is 11.9. The molecule has 0 aliphatic heterocycles. The summed E-state index contributed by atoms with van der Waals surface area (Å²) in [6.45, 7) is 1.92. The topological polar surface area (TPSA) is 24.2 Å². The molecule has 0 amide bonds. The van der Waals surface area contributed by atoms with E-state index in [0.717, 1.165) is 11.3 Å². The van der Waals surface area contributed by atoms with Crippen molar-refractivity contribution in [3.8, 4) is 0 Å². The monoisotopic (exact) mass is 255 g/mol. The first-order valence-corrected chi connectivity index (χ1v) is 6.37. The summed E-state index contributed by atoms with van der Waals surface area (Å²) < 4.78 is 1.93. The molecule has 0 saturated carbocycles. The highest BCUT2D eigenvalue weighted by Crippen LogP contribution is 2.11. The number of anilines is 1. The zero-order valence-corrected chi connectivity index (χ0v) is 11.6. The van der Waals surface area contributed by atoms with Crippen LogP contribution in [0, 0.1) is 0 Å². The van der Waals surface area contributed by atoms with Crippen LogP contribution in [-0.4, -0.2) is 19.9 Å². The summed E-state index contributed by atoms with van der Waals surface area (Å²) >= 11 is 0. The molecule has 0 aliphatic carbocycles. The number of hydrogen-bond acceptors (Lipinski definition) is 2. The highest BCUT2D eigenvalue weighted by molar-refractivity contribution is 5.97. The van der Waals surface area contributed by atoms with E-state index in [0.29, 0.717) is 0 Å². The predicted octanol–water partition coefficient (Wildman–Crippen LogP) is 2.48. The lowest BCUT2D eigenvalue weighted by Crippen LogP contribution is -2.41. The summed E-state index contributed by atoms with van der Waals surface area (Å²) in [7, 11) is 4.00. The van der Waals surface area contributed by atoms with Gasteiger partial charge in [0.15, 0.2) is 12.4 Å². The maximum atomic E-state index is 12.3. The molecule has 3 nitrogen and oxygen atoms in total. The highest BCUT2D eigenvalue weighted by Gasteiger charge is 2.22. The van der Waals surface area contributed by atoms with Gasteiger partial charge in [0.2, 0.25) is 11.8 Å². The van der Waals surface area contributed by atoms with E-state index in [1.165, 1.54) is 0 Å². The Morgan fingerprint density at radius 2 is 1.63 bits per heavy atom. The molecule has 0 fully saturated rings. The fourth-order valence-corrected chi connectivity index (χ4v) is 1.97. The van der Waals surface area contributed by atoms with Crippen molar-refractivity contribution < 1.29 is 9.36 Å². The summed E-state index contributed by atoms with van der Waals surface area (Å²) in [5.74, 6) is 0.128. The number of rotatable bonds is 4. The minimum Gasteiger partial charge on any atom is -0.377 e. The summed E-state index contributed by atoms with van der Waals surface area (Å²) in [5, 5.41) is 0. The van der Waals surface area contributed by atoms with Gasteiger partial charge in [0, 0.05) is 44.4 Å². The quantitative estimate of drug-likeness (QED) is 0.619. The maximum Gasteiger partial charge on any atom is 0.230 e. The Hall–Kier alpha value is -2.16. The van der Waals surface area contributed by atoms with Crippen LogP contribution in [0.1, 0.15) is 23.3 Å². The average molecular weight is 255 g/mol. The number of carbonyl (C=O) groups excluding carboxylic acids is 1. The lowest BCUT2D eigenvalue weighted by Gasteiger charge is -2.12. The third-order valence-electron chi connectivity index (χ3n) is 3.24. The summed E-state index contributed by atoms with van der Waals surface area (Å²) in [4.78, 5) is 14.4. The zero-order valence-electron chi connectivity index (χ0n) is 11.6. The van der Waals surface area contributed by atoms with Crippen LogP contribution in [-0.2, 0) is 0 Å². The minimum atomic E-state index is -0.196. The fraction of sp³-hybridized carbons (Fsp3) is 0.250. The van der Waals surface area contributed by atoms with Gasteiger partial charge in [0.1, 0.15) is 0 Å². The molecule has 0 aliphatic rings. The standard InChI is InChI=1S/C16H19N2O/c1-13(16(19)14-7-5-4-6-8-14)18-11-9-15(10-12-18)17(2)3/h4-13H,1-3H3/q+1. The number of nitrogens with zero attached hydrogens (tertiary/aromatic N) is 2. The number of benzene rings is 1. The van der Waals surface area contributed by atoms with Crippen molar-refractivity contribution in [3.05, 3.63) is 60.4 Å².